The van der Waals surface area contributed by atoms with Gasteiger partial charge in [0, 0.05) is 17.3 Å². The van der Waals surface area contributed by atoms with Crippen LogP contribution in [-0.2, 0) is 23.7 Å². The van der Waals surface area contributed by atoms with Crippen LogP contribution in [0.15, 0.2) is 0 Å². The molecule has 0 saturated carbocycles. The fourth-order valence-corrected chi connectivity index (χ4v) is 2.93. The number of carbonyl (C=O) groups excluding carboxylic acids is 1. The Morgan fingerprint density at radius 3 is 2.50 bits per heavy atom. The van der Waals surface area contributed by atoms with Crippen molar-refractivity contribution in [2.75, 3.05) is 17.6 Å². The maximum atomic E-state index is 12.1. The highest BCUT2D eigenvalue weighted by Gasteiger charge is 2.50. The van der Waals surface area contributed by atoms with Crippen molar-refractivity contribution in [3.63, 3.8) is 0 Å². The van der Waals surface area contributed by atoms with Crippen molar-refractivity contribution in [3.8, 4) is 0 Å². The summed E-state index contributed by atoms with van der Waals surface area (Å²) in [4.78, 5) is 12.1. The molecular formula is C14H21IO5. The predicted octanol–water partition coefficient (Wildman–Crippen LogP) is 1.70. The van der Waals surface area contributed by atoms with Gasteiger partial charge in [-0.1, -0.05) is 22.6 Å². The number of hydrogen-bond acceptors (Lipinski definition) is 5. The van der Waals surface area contributed by atoms with E-state index in [-0.39, 0.29) is 36.5 Å². The Morgan fingerprint density at radius 1 is 1.30 bits per heavy atom. The lowest BCUT2D eigenvalue weighted by molar-refractivity contribution is -0.161. The number of ether oxygens (including phenoxy) is 4. The fourth-order valence-electron chi connectivity index (χ4n) is 2.62. The molecule has 3 fully saturated rings. The van der Waals surface area contributed by atoms with Crippen LogP contribution in [0, 0.1) is 5.41 Å². The average molecular weight is 396 g/mol. The van der Waals surface area contributed by atoms with Gasteiger partial charge in [-0.2, -0.15) is 0 Å². The summed E-state index contributed by atoms with van der Waals surface area (Å²) in [5, 5.41) is 0. The molecule has 3 aliphatic rings. The zero-order valence-electron chi connectivity index (χ0n) is 11.8. The highest BCUT2D eigenvalue weighted by atomic mass is 127. The monoisotopic (exact) mass is 396 g/mol. The third-order valence-electron chi connectivity index (χ3n) is 4.15. The summed E-state index contributed by atoms with van der Waals surface area (Å²) >= 11 is 2.22. The SMILES string of the molecule is CC(C)(CI)C(=O)OC1CC2OC1CC2OCC1CO1. The number of carbonyl (C=O) groups is 1. The van der Waals surface area contributed by atoms with Gasteiger partial charge in [0.1, 0.15) is 12.2 Å². The zero-order valence-corrected chi connectivity index (χ0v) is 14.0. The lowest BCUT2D eigenvalue weighted by atomic mass is 9.93. The molecule has 0 aromatic carbocycles. The minimum atomic E-state index is -0.429. The van der Waals surface area contributed by atoms with E-state index in [9.17, 15) is 4.79 Å². The molecule has 20 heavy (non-hydrogen) atoms. The molecule has 0 aliphatic carbocycles. The van der Waals surface area contributed by atoms with E-state index >= 15 is 0 Å². The number of fused-ring (bicyclic) bond motifs is 2. The zero-order chi connectivity index (χ0) is 14.3. The van der Waals surface area contributed by atoms with E-state index in [1.165, 1.54) is 0 Å². The second-order valence-corrected chi connectivity index (χ2v) is 7.24. The van der Waals surface area contributed by atoms with E-state index in [0.29, 0.717) is 6.61 Å². The van der Waals surface area contributed by atoms with Crippen molar-refractivity contribution in [1.29, 1.82) is 0 Å². The molecule has 5 unspecified atom stereocenters. The van der Waals surface area contributed by atoms with E-state index in [1.807, 2.05) is 13.8 Å². The summed E-state index contributed by atoms with van der Waals surface area (Å²) in [7, 11) is 0. The van der Waals surface area contributed by atoms with Gasteiger partial charge in [-0.15, -0.1) is 0 Å². The maximum Gasteiger partial charge on any atom is 0.312 e. The van der Waals surface area contributed by atoms with Gasteiger partial charge in [0.2, 0.25) is 0 Å². The van der Waals surface area contributed by atoms with Crippen molar-refractivity contribution in [2.24, 2.45) is 5.41 Å². The van der Waals surface area contributed by atoms with Crippen molar-refractivity contribution in [2.45, 2.75) is 57.2 Å². The second kappa shape index (κ2) is 5.70. The largest absolute Gasteiger partial charge is 0.459 e. The van der Waals surface area contributed by atoms with Crippen LogP contribution >= 0.6 is 22.6 Å². The van der Waals surface area contributed by atoms with Gasteiger partial charge in [-0.25, -0.2) is 0 Å². The van der Waals surface area contributed by atoms with Gasteiger partial charge in [-0.05, 0) is 13.8 Å². The lowest BCUT2D eigenvalue weighted by Gasteiger charge is -2.28. The number of alkyl halides is 1. The first-order chi connectivity index (χ1) is 9.49. The van der Waals surface area contributed by atoms with Crippen molar-refractivity contribution in [3.05, 3.63) is 0 Å². The molecule has 5 nitrogen and oxygen atoms in total. The molecule has 3 aliphatic heterocycles. The maximum absolute atomic E-state index is 12.1. The van der Waals surface area contributed by atoms with Gasteiger partial charge in [0.15, 0.2) is 0 Å². The minimum Gasteiger partial charge on any atom is -0.459 e. The molecule has 3 saturated heterocycles. The number of epoxide rings is 1. The van der Waals surface area contributed by atoms with Crippen LogP contribution in [0.4, 0.5) is 0 Å². The molecule has 0 amide bonds. The second-order valence-electron chi connectivity index (χ2n) is 6.47. The molecule has 0 aromatic heterocycles. The van der Waals surface area contributed by atoms with E-state index < -0.39 is 5.41 Å². The van der Waals surface area contributed by atoms with Crippen LogP contribution in [0.1, 0.15) is 26.7 Å². The molecule has 3 heterocycles. The molecular weight excluding hydrogens is 375 g/mol. The Hall–Kier alpha value is 0.0800. The summed E-state index contributed by atoms with van der Waals surface area (Å²) < 4.78 is 23.2. The molecule has 3 rings (SSSR count). The van der Waals surface area contributed by atoms with E-state index in [0.717, 1.165) is 23.9 Å². The van der Waals surface area contributed by atoms with E-state index in [4.69, 9.17) is 18.9 Å². The first-order valence-corrected chi connectivity index (χ1v) is 8.68. The number of halogens is 1. The van der Waals surface area contributed by atoms with Crippen molar-refractivity contribution >= 4 is 28.6 Å². The number of esters is 1. The van der Waals surface area contributed by atoms with Crippen LogP contribution in [0.25, 0.3) is 0 Å². The molecule has 5 atom stereocenters. The normalized spacial score (nSPS) is 39.0. The minimum absolute atomic E-state index is 0.000849. The third-order valence-corrected chi connectivity index (χ3v) is 6.06. The summed E-state index contributed by atoms with van der Waals surface area (Å²) in [5.41, 5.74) is -0.429. The summed E-state index contributed by atoms with van der Waals surface area (Å²) in [6, 6.07) is 0. The molecule has 0 radical (unpaired) electrons. The molecule has 0 spiro atoms. The topological polar surface area (TPSA) is 57.3 Å². The van der Waals surface area contributed by atoms with Gasteiger partial charge < -0.3 is 18.9 Å². The molecule has 6 heteroatoms. The molecule has 2 bridgehead atoms. The Labute approximate surface area is 132 Å². The van der Waals surface area contributed by atoms with Gasteiger partial charge in [0.05, 0.1) is 36.9 Å². The van der Waals surface area contributed by atoms with Crippen LogP contribution in [0.3, 0.4) is 0 Å². The molecule has 114 valence electrons. The quantitative estimate of drug-likeness (QED) is 0.296. The standard InChI is InChI=1S/C14H21IO5/c1-14(2,7-15)13(16)20-12-4-10-9(3-11(12)19-10)18-6-8-5-17-8/h8-12H,3-7H2,1-2H3. The Bertz CT molecular complexity index is 382. The Morgan fingerprint density at radius 2 is 1.95 bits per heavy atom. The molecule has 0 aromatic rings. The average Bonchev–Trinajstić information content (AvgIpc) is 3.06. The number of hydrogen-bond donors (Lipinski definition) is 0. The Balaban J connectivity index is 1.47. The van der Waals surface area contributed by atoms with Crippen molar-refractivity contribution < 1.29 is 23.7 Å². The van der Waals surface area contributed by atoms with E-state index in [2.05, 4.69) is 22.6 Å². The smallest absolute Gasteiger partial charge is 0.312 e. The summed E-state index contributed by atoms with van der Waals surface area (Å²) in [6.45, 7) is 5.30. The van der Waals surface area contributed by atoms with Crippen LogP contribution < -0.4 is 0 Å². The molecule has 0 N–H and O–H groups in total. The highest BCUT2D eigenvalue weighted by Crippen LogP contribution is 2.39. The third kappa shape index (κ3) is 3.13. The summed E-state index contributed by atoms with van der Waals surface area (Å²) in [6.07, 6.45) is 1.96. The number of rotatable bonds is 6. The fraction of sp³-hybridized carbons (Fsp3) is 0.929. The van der Waals surface area contributed by atoms with E-state index in [1.54, 1.807) is 0 Å². The first kappa shape index (κ1) is 15.0. The summed E-state index contributed by atoms with van der Waals surface area (Å²) in [5.74, 6) is -0.128. The van der Waals surface area contributed by atoms with Gasteiger partial charge in [0.25, 0.3) is 0 Å². The van der Waals surface area contributed by atoms with Gasteiger partial charge in [-0.3, -0.25) is 4.79 Å². The van der Waals surface area contributed by atoms with Gasteiger partial charge >= 0.3 is 5.97 Å². The van der Waals surface area contributed by atoms with Crippen LogP contribution in [0.5, 0.6) is 0 Å². The van der Waals surface area contributed by atoms with Crippen LogP contribution in [-0.4, -0.2) is 54.1 Å². The lowest BCUT2D eigenvalue weighted by Crippen LogP contribution is -2.39. The van der Waals surface area contributed by atoms with Crippen LogP contribution in [0.2, 0.25) is 0 Å². The Kier molecular flexibility index (Phi) is 4.27. The first-order valence-electron chi connectivity index (χ1n) is 7.15. The highest BCUT2D eigenvalue weighted by molar-refractivity contribution is 14.1. The predicted molar refractivity (Wildman–Crippen MR) is 79.9 cm³/mol. The van der Waals surface area contributed by atoms with Crippen molar-refractivity contribution in [1.82, 2.24) is 0 Å².